The van der Waals surface area contributed by atoms with Gasteiger partial charge >= 0.3 is 0 Å². The van der Waals surface area contributed by atoms with Crippen LogP contribution in [0.2, 0.25) is 0 Å². The van der Waals surface area contributed by atoms with Crippen molar-refractivity contribution in [1.29, 1.82) is 0 Å². The monoisotopic (exact) mass is 293 g/mol. The Morgan fingerprint density at radius 2 is 2.29 bits per heavy atom. The Kier molecular flexibility index (Phi) is 6.27. The molecule has 0 radical (unpaired) electrons. The van der Waals surface area contributed by atoms with Gasteiger partial charge in [0.2, 0.25) is 0 Å². The van der Waals surface area contributed by atoms with Crippen molar-refractivity contribution >= 4 is 0 Å². The van der Waals surface area contributed by atoms with Crippen molar-refractivity contribution in [3.05, 3.63) is 23.7 Å². The van der Waals surface area contributed by atoms with Crippen LogP contribution in [0.4, 0.5) is 0 Å². The van der Waals surface area contributed by atoms with Gasteiger partial charge in [0.25, 0.3) is 0 Å². The van der Waals surface area contributed by atoms with Gasteiger partial charge in [0.05, 0.1) is 12.8 Å². The number of nitrogens with one attached hydrogen (secondary N) is 1. The highest BCUT2D eigenvalue weighted by molar-refractivity contribution is 5.16. The van der Waals surface area contributed by atoms with Crippen molar-refractivity contribution in [1.82, 2.24) is 15.1 Å². The fraction of sp³-hybridized carbons (Fsp3) is 0.765. The molecular weight excluding hydrogens is 262 g/mol. The molecule has 1 aromatic rings. The van der Waals surface area contributed by atoms with Crippen LogP contribution in [0.1, 0.15) is 38.0 Å². The second-order valence-corrected chi connectivity index (χ2v) is 6.87. The summed E-state index contributed by atoms with van der Waals surface area (Å²) in [4.78, 5) is 4.86. The molecule has 1 fully saturated rings. The zero-order valence-electron chi connectivity index (χ0n) is 14.1. The maximum absolute atomic E-state index is 5.69. The van der Waals surface area contributed by atoms with E-state index in [2.05, 4.69) is 49.1 Å². The minimum Gasteiger partial charge on any atom is -0.468 e. The molecule has 4 heteroatoms. The molecule has 1 unspecified atom stereocenters. The highest BCUT2D eigenvalue weighted by Gasteiger charge is 2.22. The third kappa shape index (κ3) is 5.13. The quantitative estimate of drug-likeness (QED) is 0.798. The van der Waals surface area contributed by atoms with Crippen LogP contribution in [-0.4, -0.2) is 49.6 Å². The molecule has 1 aromatic heterocycles. The van der Waals surface area contributed by atoms with Gasteiger partial charge in [-0.15, -0.1) is 0 Å². The Morgan fingerprint density at radius 1 is 1.48 bits per heavy atom. The predicted molar refractivity (Wildman–Crippen MR) is 87.2 cm³/mol. The molecule has 0 spiro atoms. The molecule has 4 nitrogen and oxygen atoms in total. The second-order valence-electron chi connectivity index (χ2n) is 6.87. The van der Waals surface area contributed by atoms with Gasteiger partial charge < -0.3 is 14.6 Å². The molecule has 0 saturated carbocycles. The number of likely N-dealkylation sites (N-methyl/N-ethyl adjacent to an activating group) is 2. The van der Waals surface area contributed by atoms with E-state index in [-0.39, 0.29) is 0 Å². The van der Waals surface area contributed by atoms with Gasteiger partial charge in [0, 0.05) is 24.7 Å². The zero-order valence-corrected chi connectivity index (χ0v) is 14.1. The van der Waals surface area contributed by atoms with E-state index in [1.807, 2.05) is 6.26 Å². The maximum Gasteiger partial charge on any atom is 0.122 e. The van der Waals surface area contributed by atoms with Crippen molar-refractivity contribution in [3.63, 3.8) is 0 Å². The van der Waals surface area contributed by atoms with E-state index in [4.69, 9.17) is 4.42 Å². The van der Waals surface area contributed by atoms with Gasteiger partial charge in [0.15, 0.2) is 0 Å². The van der Waals surface area contributed by atoms with Crippen LogP contribution >= 0.6 is 0 Å². The molecule has 120 valence electrons. The Labute approximate surface area is 129 Å². The van der Waals surface area contributed by atoms with E-state index in [1.54, 1.807) is 0 Å². The molecule has 0 amide bonds. The van der Waals surface area contributed by atoms with Gasteiger partial charge in [-0.05, 0) is 52.0 Å². The number of rotatable bonds is 8. The number of furan rings is 1. The average Bonchev–Trinajstić information content (AvgIpc) is 3.00. The first-order valence-electron chi connectivity index (χ1n) is 8.21. The lowest BCUT2D eigenvalue weighted by molar-refractivity contribution is 0.205. The summed E-state index contributed by atoms with van der Waals surface area (Å²) in [7, 11) is 4.43. The summed E-state index contributed by atoms with van der Waals surface area (Å²) < 4.78 is 5.69. The summed E-state index contributed by atoms with van der Waals surface area (Å²) in [6.45, 7) is 9.68. The average molecular weight is 293 g/mol. The third-order valence-electron chi connectivity index (χ3n) is 4.31. The largest absolute Gasteiger partial charge is 0.468 e. The summed E-state index contributed by atoms with van der Waals surface area (Å²) in [6.07, 6.45) is 4.47. The topological polar surface area (TPSA) is 31.7 Å². The number of hydrogen-bond acceptors (Lipinski definition) is 4. The van der Waals surface area contributed by atoms with Crippen molar-refractivity contribution in [2.24, 2.45) is 5.92 Å². The minimum absolute atomic E-state index is 0.681. The fourth-order valence-electron chi connectivity index (χ4n) is 3.04. The fourth-order valence-corrected chi connectivity index (χ4v) is 3.04. The minimum atomic E-state index is 0.681. The summed E-state index contributed by atoms with van der Waals surface area (Å²) in [5, 5.41) is 3.49. The van der Waals surface area contributed by atoms with E-state index in [9.17, 15) is 0 Å². The Balaban J connectivity index is 1.80. The molecule has 0 aliphatic carbocycles. The van der Waals surface area contributed by atoms with E-state index in [0.29, 0.717) is 12.0 Å². The van der Waals surface area contributed by atoms with Crippen LogP contribution in [0.25, 0.3) is 0 Å². The summed E-state index contributed by atoms with van der Waals surface area (Å²) >= 11 is 0. The van der Waals surface area contributed by atoms with Crippen LogP contribution in [0.15, 0.2) is 16.7 Å². The molecule has 0 aromatic carbocycles. The Bertz CT molecular complexity index is 416. The van der Waals surface area contributed by atoms with Crippen LogP contribution in [0.3, 0.4) is 0 Å². The van der Waals surface area contributed by atoms with Crippen molar-refractivity contribution in [2.45, 2.75) is 45.8 Å². The first-order chi connectivity index (χ1) is 10.1. The van der Waals surface area contributed by atoms with E-state index < -0.39 is 0 Å². The van der Waals surface area contributed by atoms with Gasteiger partial charge in [-0.3, -0.25) is 4.90 Å². The SMILES string of the molecule is CC(C)CNCc1ccoc1CN(C)CC1CCCN1C. The molecule has 21 heavy (non-hydrogen) atoms. The second kappa shape index (κ2) is 7.97. The highest BCUT2D eigenvalue weighted by Crippen LogP contribution is 2.18. The van der Waals surface area contributed by atoms with Crippen molar-refractivity contribution in [2.75, 3.05) is 33.7 Å². The van der Waals surface area contributed by atoms with Crippen LogP contribution < -0.4 is 5.32 Å². The lowest BCUT2D eigenvalue weighted by atomic mass is 10.2. The Morgan fingerprint density at radius 3 is 2.95 bits per heavy atom. The standard InChI is InChI=1S/C17H31N3O/c1-14(2)10-18-11-15-7-9-21-17(15)13-19(3)12-16-6-5-8-20(16)4/h7,9,14,16,18H,5-6,8,10-13H2,1-4H3. The highest BCUT2D eigenvalue weighted by atomic mass is 16.3. The molecule has 1 atom stereocenters. The lowest BCUT2D eigenvalue weighted by Gasteiger charge is -2.25. The van der Waals surface area contributed by atoms with Crippen LogP contribution in [-0.2, 0) is 13.1 Å². The summed E-state index contributed by atoms with van der Waals surface area (Å²) in [5.41, 5.74) is 1.29. The first kappa shape index (κ1) is 16.5. The van der Waals surface area contributed by atoms with Crippen LogP contribution in [0, 0.1) is 5.92 Å². The normalized spacial score (nSPS) is 20.0. The Hall–Kier alpha value is -0.840. The van der Waals surface area contributed by atoms with Gasteiger partial charge in [-0.2, -0.15) is 0 Å². The van der Waals surface area contributed by atoms with Gasteiger partial charge in [0.1, 0.15) is 5.76 Å². The summed E-state index contributed by atoms with van der Waals surface area (Å²) in [5.74, 6) is 1.79. The van der Waals surface area contributed by atoms with Gasteiger partial charge in [-0.1, -0.05) is 13.8 Å². The summed E-state index contributed by atoms with van der Waals surface area (Å²) in [6, 6.07) is 2.80. The molecule has 1 aliphatic heterocycles. The van der Waals surface area contributed by atoms with Crippen molar-refractivity contribution in [3.8, 4) is 0 Å². The molecule has 0 bridgehead atoms. The van der Waals surface area contributed by atoms with Crippen molar-refractivity contribution < 1.29 is 4.42 Å². The zero-order chi connectivity index (χ0) is 15.2. The molecule has 1 aliphatic rings. The molecular formula is C17H31N3O. The maximum atomic E-state index is 5.69. The van der Waals surface area contributed by atoms with E-state index in [1.165, 1.54) is 24.9 Å². The molecule has 1 saturated heterocycles. The number of likely N-dealkylation sites (tertiary alicyclic amines) is 1. The number of hydrogen-bond donors (Lipinski definition) is 1. The van der Waals surface area contributed by atoms with Gasteiger partial charge in [-0.25, -0.2) is 0 Å². The number of nitrogens with zero attached hydrogens (tertiary/aromatic N) is 2. The van der Waals surface area contributed by atoms with E-state index >= 15 is 0 Å². The third-order valence-corrected chi connectivity index (χ3v) is 4.31. The van der Waals surface area contributed by atoms with E-state index in [0.717, 1.165) is 31.9 Å². The predicted octanol–water partition coefficient (Wildman–Crippen LogP) is 2.55. The molecule has 1 N–H and O–H groups in total. The smallest absolute Gasteiger partial charge is 0.122 e. The molecule has 2 heterocycles. The first-order valence-corrected chi connectivity index (χ1v) is 8.21. The lowest BCUT2D eigenvalue weighted by Crippen LogP contribution is -2.36. The van der Waals surface area contributed by atoms with Crippen LogP contribution in [0.5, 0.6) is 0 Å². The molecule has 2 rings (SSSR count).